The number of nitrogens with zero attached hydrogens (tertiary/aromatic N) is 2. The van der Waals surface area contributed by atoms with E-state index in [1.54, 1.807) is 18.5 Å². The predicted molar refractivity (Wildman–Crippen MR) is 60.1 cm³/mol. The van der Waals surface area contributed by atoms with Gasteiger partial charge in [-0.3, -0.25) is 10.1 Å². The molecule has 0 aromatic carbocycles. The van der Waals surface area contributed by atoms with Crippen molar-refractivity contribution in [3.8, 4) is 0 Å². The predicted octanol–water partition coefficient (Wildman–Crippen LogP) is 1.67. The Balaban J connectivity index is 1.83. The molecule has 0 saturated heterocycles. The Morgan fingerprint density at radius 1 is 1.50 bits per heavy atom. The summed E-state index contributed by atoms with van der Waals surface area (Å²) >= 11 is 1.19. The number of aromatic amines is 1. The summed E-state index contributed by atoms with van der Waals surface area (Å²) in [4.78, 5) is 18.1. The van der Waals surface area contributed by atoms with Crippen LogP contribution in [-0.2, 0) is 13.1 Å². The van der Waals surface area contributed by atoms with E-state index in [4.69, 9.17) is 0 Å². The average molecular weight is 238 g/mol. The van der Waals surface area contributed by atoms with Crippen LogP contribution in [0.15, 0.2) is 24.5 Å². The van der Waals surface area contributed by atoms with E-state index in [0.717, 1.165) is 10.7 Å². The van der Waals surface area contributed by atoms with Crippen LogP contribution in [0, 0.1) is 10.1 Å². The van der Waals surface area contributed by atoms with Crippen LogP contribution in [0.2, 0.25) is 0 Å². The van der Waals surface area contributed by atoms with Gasteiger partial charge in [-0.2, -0.15) is 0 Å². The van der Waals surface area contributed by atoms with Gasteiger partial charge in [0.2, 0.25) is 0 Å². The van der Waals surface area contributed by atoms with Crippen LogP contribution in [0.25, 0.3) is 0 Å². The number of H-pyrrole nitrogens is 1. The summed E-state index contributed by atoms with van der Waals surface area (Å²) in [5, 5.41) is 13.8. The standard InChI is InChI=1S/C9H10N4O2S/c14-13(15)9-2-1-7(16-9)5-10-6-8-11-3-4-12-8/h1-4,10H,5-6H2,(H,11,12). The van der Waals surface area contributed by atoms with Crippen molar-refractivity contribution in [3.05, 3.63) is 45.3 Å². The minimum absolute atomic E-state index is 0.176. The third-order valence-corrected chi connectivity index (χ3v) is 3.01. The number of thiophene rings is 1. The molecule has 7 heteroatoms. The van der Waals surface area contributed by atoms with Gasteiger partial charge in [-0.15, -0.1) is 0 Å². The first-order valence-corrected chi connectivity index (χ1v) is 5.49. The molecule has 0 bridgehead atoms. The lowest BCUT2D eigenvalue weighted by Gasteiger charge is -1.98. The van der Waals surface area contributed by atoms with Gasteiger partial charge in [0.05, 0.1) is 11.5 Å². The number of rotatable bonds is 5. The zero-order chi connectivity index (χ0) is 11.4. The third kappa shape index (κ3) is 2.65. The van der Waals surface area contributed by atoms with Crippen molar-refractivity contribution >= 4 is 16.3 Å². The number of aromatic nitrogens is 2. The SMILES string of the molecule is O=[N+]([O-])c1ccc(CNCc2ncc[nH]2)s1. The van der Waals surface area contributed by atoms with Gasteiger partial charge in [0.15, 0.2) is 0 Å². The van der Waals surface area contributed by atoms with Gasteiger partial charge in [0, 0.05) is 29.9 Å². The van der Waals surface area contributed by atoms with Crippen LogP contribution in [0.1, 0.15) is 10.7 Å². The van der Waals surface area contributed by atoms with Gasteiger partial charge in [-0.05, 0) is 6.07 Å². The van der Waals surface area contributed by atoms with Gasteiger partial charge in [-0.1, -0.05) is 11.3 Å². The maximum atomic E-state index is 10.5. The number of hydrogen-bond donors (Lipinski definition) is 2. The van der Waals surface area contributed by atoms with Gasteiger partial charge < -0.3 is 10.3 Å². The van der Waals surface area contributed by atoms with Crippen molar-refractivity contribution in [2.45, 2.75) is 13.1 Å². The molecule has 2 rings (SSSR count). The van der Waals surface area contributed by atoms with E-state index in [1.165, 1.54) is 17.4 Å². The van der Waals surface area contributed by atoms with Crippen LogP contribution in [0.4, 0.5) is 5.00 Å². The molecular weight excluding hydrogens is 228 g/mol. The van der Waals surface area contributed by atoms with Crippen molar-refractivity contribution in [2.75, 3.05) is 0 Å². The summed E-state index contributed by atoms with van der Waals surface area (Å²) in [6.45, 7) is 1.23. The van der Waals surface area contributed by atoms with Crippen LogP contribution in [-0.4, -0.2) is 14.9 Å². The first-order chi connectivity index (χ1) is 7.75. The minimum atomic E-state index is -0.374. The van der Waals surface area contributed by atoms with Crippen LogP contribution in [0.3, 0.4) is 0 Å². The Labute approximate surface area is 95.5 Å². The number of imidazole rings is 1. The molecule has 16 heavy (non-hydrogen) atoms. The Morgan fingerprint density at radius 3 is 3.00 bits per heavy atom. The molecule has 2 heterocycles. The van der Waals surface area contributed by atoms with Crippen LogP contribution >= 0.6 is 11.3 Å². The largest absolute Gasteiger partial charge is 0.348 e. The monoisotopic (exact) mass is 238 g/mol. The molecule has 2 aromatic heterocycles. The summed E-state index contributed by atoms with van der Waals surface area (Å²) < 4.78 is 0. The molecule has 0 aliphatic heterocycles. The fourth-order valence-corrected chi connectivity index (χ4v) is 2.05. The summed E-state index contributed by atoms with van der Waals surface area (Å²) in [5.41, 5.74) is 0. The first kappa shape index (κ1) is 10.8. The van der Waals surface area contributed by atoms with E-state index in [2.05, 4.69) is 15.3 Å². The van der Waals surface area contributed by atoms with E-state index >= 15 is 0 Å². The van der Waals surface area contributed by atoms with E-state index in [1.807, 2.05) is 0 Å². The Morgan fingerprint density at radius 2 is 2.38 bits per heavy atom. The molecule has 0 amide bonds. The summed E-state index contributed by atoms with van der Waals surface area (Å²) in [7, 11) is 0. The summed E-state index contributed by atoms with van der Waals surface area (Å²) in [5.74, 6) is 0.853. The highest BCUT2D eigenvalue weighted by molar-refractivity contribution is 7.15. The number of hydrogen-bond acceptors (Lipinski definition) is 5. The second-order valence-electron chi connectivity index (χ2n) is 3.14. The zero-order valence-corrected chi connectivity index (χ0v) is 9.16. The third-order valence-electron chi connectivity index (χ3n) is 1.97. The summed E-state index contributed by atoms with van der Waals surface area (Å²) in [6, 6.07) is 3.28. The van der Waals surface area contributed by atoms with Gasteiger partial charge in [-0.25, -0.2) is 4.98 Å². The van der Waals surface area contributed by atoms with Gasteiger partial charge in [0.25, 0.3) is 0 Å². The molecule has 2 aromatic rings. The molecule has 0 aliphatic carbocycles. The molecule has 0 spiro atoms. The quantitative estimate of drug-likeness (QED) is 0.613. The van der Waals surface area contributed by atoms with E-state index in [-0.39, 0.29) is 9.92 Å². The lowest BCUT2D eigenvalue weighted by atomic mass is 10.4. The molecule has 0 fully saturated rings. The highest BCUT2D eigenvalue weighted by Crippen LogP contribution is 2.23. The molecule has 0 saturated carbocycles. The second-order valence-corrected chi connectivity index (χ2v) is 4.28. The molecule has 2 N–H and O–H groups in total. The molecule has 6 nitrogen and oxygen atoms in total. The molecular formula is C9H10N4O2S. The number of nitro groups is 1. The second kappa shape index (κ2) is 4.86. The van der Waals surface area contributed by atoms with E-state index in [0.29, 0.717) is 13.1 Å². The summed E-state index contributed by atoms with van der Waals surface area (Å²) in [6.07, 6.45) is 3.44. The van der Waals surface area contributed by atoms with Crippen molar-refractivity contribution in [1.29, 1.82) is 0 Å². The topological polar surface area (TPSA) is 83.8 Å². The number of nitrogens with one attached hydrogen (secondary N) is 2. The normalized spacial score (nSPS) is 10.5. The maximum Gasteiger partial charge on any atom is 0.324 e. The molecule has 84 valence electrons. The lowest BCUT2D eigenvalue weighted by molar-refractivity contribution is -0.380. The highest BCUT2D eigenvalue weighted by atomic mass is 32.1. The highest BCUT2D eigenvalue weighted by Gasteiger charge is 2.08. The smallest absolute Gasteiger partial charge is 0.324 e. The maximum absolute atomic E-state index is 10.5. The molecule has 0 radical (unpaired) electrons. The average Bonchev–Trinajstić information content (AvgIpc) is 2.87. The van der Waals surface area contributed by atoms with Crippen molar-refractivity contribution in [3.63, 3.8) is 0 Å². The van der Waals surface area contributed by atoms with Crippen LogP contribution < -0.4 is 5.32 Å². The first-order valence-electron chi connectivity index (χ1n) is 4.68. The van der Waals surface area contributed by atoms with E-state index in [9.17, 15) is 10.1 Å². The van der Waals surface area contributed by atoms with Crippen molar-refractivity contribution in [1.82, 2.24) is 15.3 Å². The van der Waals surface area contributed by atoms with Gasteiger partial charge in [0.1, 0.15) is 5.82 Å². The molecule has 0 atom stereocenters. The fraction of sp³-hybridized carbons (Fsp3) is 0.222. The van der Waals surface area contributed by atoms with E-state index < -0.39 is 0 Å². The van der Waals surface area contributed by atoms with Crippen molar-refractivity contribution in [2.24, 2.45) is 0 Å². The Kier molecular flexibility index (Phi) is 3.28. The molecule has 0 aliphatic rings. The van der Waals surface area contributed by atoms with Gasteiger partial charge >= 0.3 is 5.00 Å². The Bertz CT molecular complexity index is 466. The fourth-order valence-electron chi connectivity index (χ4n) is 1.26. The van der Waals surface area contributed by atoms with Crippen LogP contribution in [0.5, 0.6) is 0 Å². The lowest BCUT2D eigenvalue weighted by Crippen LogP contribution is -2.12. The molecule has 0 unspecified atom stereocenters. The zero-order valence-electron chi connectivity index (χ0n) is 8.34. The Hall–Kier alpha value is -1.73. The van der Waals surface area contributed by atoms with Crippen molar-refractivity contribution < 1.29 is 4.92 Å². The minimum Gasteiger partial charge on any atom is -0.348 e.